The van der Waals surface area contributed by atoms with Gasteiger partial charge in [-0.25, -0.2) is 8.78 Å². The molecule has 3 heteroatoms. The molecule has 2 fully saturated rings. The van der Waals surface area contributed by atoms with Crippen LogP contribution in [0.25, 0.3) is 0 Å². The summed E-state index contributed by atoms with van der Waals surface area (Å²) in [6, 6.07) is 0. The van der Waals surface area contributed by atoms with Crippen molar-refractivity contribution >= 4 is 0 Å². The lowest BCUT2D eigenvalue weighted by atomic mass is 9.59. The normalized spacial score (nSPS) is 30.3. The van der Waals surface area contributed by atoms with Crippen molar-refractivity contribution in [2.75, 3.05) is 13.1 Å². The number of alkyl halides is 2. The van der Waals surface area contributed by atoms with Crippen molar-refractivity contribution in [2.45, 2.75) is 19.3 Å². The molecule has 1 spiro atoms. The van der Waals surface area contributed by atoms with E-state index in [1.54, 1.807) is 0 Å². The van der Waals surface area contributed by atoms with Gasteiger partial charge in [-0.3, -0.25) is 0 Å². The zero-order valence-corrected chi connectivity index (χ0v) is 5.74. The van der Waals surface area contributed by atoms with Crippen LogP contribution in [0.15, 0.2) is 0 Å². The molecule has 0 aromatic carbocycles. The third-order valence-corrected chi connectivity index (χ3v) is 2.75. The lowest BCUT2D eigenvalue weighted by molar-refractivity contribution is -0.0773. The van der Waals surface area contributed by atoms with Gasteiger partial charge in [-0.2, -0.15) is 0 Å². The van der Waals surface area contributed by atoms with Crippen LogP contribution in [0.5, 0.6) is 0 Å². The van der Waals surface area contributed by atoms with Crippen molar-refractivity contribution in [1.29, 1.82) is 0 Å². The van der Waals surface area contributed by atoms with Gasteiger partial charge in [0.15, 0.2) is 0 Å². The molecule has 1 N–H and O–H groups in total. The number of hydrogen-bond donors (Lipinski definition) is 1. The fraction of sp³-hybridized carbons (Fsp3) is 1.00. The van der Waals surface area contributed by atoms with Crippen LogP contribution in [-0.2, 0) is 0 Å². The van der Waals surface area contributed by atoms with Crippen LogP contribution in [0.1, 0.15) is 12.8 Å². The molecule has 0 bridgehead atoms. The molecule has 2 rings (SSSR count). The summed E-state index contributed by atoms with van der Waals surface area (Å²) < 4.78 is 23.9. The minimum absolute atomic E-state index is 0.290. The molecule has 1 aliphatic heterocycles. The van der Waals surface area contributed by atoms with E-state index in [4.69, 9.17) is 0 Å². The van der Waals surface area contributed by atoms with E-state index in [0.717, 1.165) is 25.9 Å². The van der Waals surface area contributed by atoms with E-state index in [1.807, 2.05) is 0 Å². The van der Waals surface area contributed by atoms with E-state index in [-0.39, 0.29) is 5.92 Å². The number of nitrogens with one attached hydrogen (secondary N) is 1. The standard InChI is InChI=1S/C7H11F2N/c8-6(9)5-1-7(2-5)3-10-4-7/h5-6,10H,1-4H2. The average Bonchev–Trinajstić information content (AvgIpc) is 1.54. The highest BCUT2D eigenvalue weighted by molar-refractivity contribution is 5.02. The Hall–Kier alpha value is -0.180. The Labute approximate surface area is 58.8 Å². The second-order valence-corrected chi connectivity index (χ2v) is 3.61. The summed E-state index contributed by atoms with van der Waals surface area (Å²) in [4.78, 5) is 0. The molecule has 58 valence electrons. The van der Waals surface area contributed by atoms with Crippen molar-refractivity contribution in [3.8, 4) is 0 Å². The summed E-state index contributed by atoms with van der Waals surface area (Å²) in [6.45, 7) is 1.94. The highest BCUT2D eigenvalue weighted by Crippen LogP contribution is 2.50. The highest BCUT2D eigenvalue weighted by Gasteiger charge is 2.51. The van der Waals surface area contributed by atoms with Crippen LogP contribution >= 0.6 is 0 Å². The van der Waals surface area contributed by atoms with Crippen molar-refractivity contribution in [1.82, 2.24) is 5.32 Å². The molecule has 2 aliphatic rings. The minimum atomic E-state index is -2.08. The van der Waals surface area contributed by atoms with Gasteiger partial charge in [-0.15, -0.1) is 0 Å². The SMILES string of the molecule is FC(F)C1CC2(CNC2)C1. The van der Waals surface area contributed by atoms with Crippen LogP contribution in [0, 0.1) is 11.3 Å². The van der Waals surface area contributed by atoms with Gasteiger partial charge in [0.1, 0.15) is 0 Å². The Kier molecular flexibility index (Phi) is 1.24. The Balaban J connectivity index is 1.82. The maximum atomic E-state index is 12.0. The zero-order chi connectivity index (χ0) is 7.19. The van der Waals surface area contributed by atoms with Crippen molar-refractivity contribution in [2.24, 2.45) is 11.3 Å². The van der Waals surface area contributed by atoms with Crippen LogP contribution in [0.4, 0.5) is 8.78 Å². The summed E-state index contributed by atoms with van der Waals surface area (Å²) in [5.74, 6) is -0.290. The first kappa shape index (κ1) is 6.53. The van der Waals surface area contributed by atoms with Gasteiger partial charge in [0.25, 0.3) is 0 Å². The highest BCUT2D eigenvalue weighted by atomic mass is 19.3. The average molecular weight is 147 g/mol. The van der Waals surface area contributed by atoms with E-state index in [9.17, 15) is 8.78 Å². The molecule has 10 heavy (non-hydrogen) atoms. The Bertz CT molecular complexity index is 135. The van der Waals surface area contributed by atoms with Gasteiger partial charge in [0.05, 0.1) is 0 Å². The maximum Gasteiger partial charge on any atom is 0.241 e. The summed E-state index contributed by atoms with van der Waals surface area (Å²) >= 11 is 0. The minimum Gasteiger partial charge on any atom is -0.316 e. The smallest absolute Gasteiger partial charge is 0.241 e. The molecule has 0 radical (unpaired) electrons. The number of hydrogen-bond acceptors (Lipinski definition) is 1. The predicted molar refractivity (Wildman–Crippen MR) is 34.0 cm³/mol. The van der Waals surface area contributed by atoms with Crippen LogP contribution in [0.3, 0.4) is 0 Å². The van der Waals surface area contributed by atoms with E-state index >= 15 is 0 Å². The number of halogens is 2. The van der Waals surface area contributed by atoms with Crippen molar-refractivity contribution in [3.63, 3.8) is 0 Å². The first-order valence-corrected chi connectivity index (χ1v) is 3.71. The van der Waals surface area contributed by atoms with E-state index in [2.05, 4.69) is 5.32 Å². The van der Waals surface area contributed by atoms with Gasteiger partial charge >= 0.3 is 0 Å². The third-order valence-electron chi connectivity index (χ3n) is 2.75. The topological polar surface area (TPSA) is 12.0 Å². The van der Waals surface area contributed by atoms with E-state index in [0.29, 0.717) is 5.41 Å². The summed E-state index contributed by atoms with van der Waals surface area (Å²) in [7, 11) is 0. The number of rotatable bonds is 1. The molecule has 1 aliphatic carbocycles. The van der Waals surface area contributed by atoms with Gasteiger partial charge < -0.3 is 5.32 Å². The quantitative estimate of drug-likeness (QED) is 0.588. The lowest BCUT2D eigenvalue weighted by Crippen LogP contribution is -2.61. The van der Waals surface area contributed by atoms with Gasteiger partial charge in [0, 0.05) is 19.0 Å². The summed E-state index contributed by atoms with van der Waals surface area (Å²) in [5, 5.41) is 3.12. The molecule has 1 saturated heterocycles. The summed E-state index contributed by atoms with van der Waals surface area (Å²) in [6.07, 6.45) is -0.582. The first-order valence-electron chi connectivity index (χ1n) is 3.71. The van der Waals surface area contributed by atoms with Crippen LogP contribution < -0.4 is 5.32 Å². The fourth-order valence-corrected chi connectivity index (χ4v) is 2.00. The van der Waals surface area contributed by atoms with Crippen molar-refractivity contribution in [3.05, 3.63) is 0 Å². The molecule has 0 atom stereocenters. The maximum absolute atomic E-state index is 12.0. The molecule has 1 heterocycles. The third kappa shape index (κ3) is 0.764. The second-order valence-electron chi connectivity index (χ2n) is 3.61. The summed E-state index contributed by atoms with van der Waals surface area (Å²) in [5.41, 5.74) is 0.307. The lowest BCUT2D eigenvalue weighted by Gasteiger charge is -2.54. The molecular weight excluding hydrogens is 136 g/mol. The van der Waals surface area contributed by atoms with Gasteiger partial charge in [-0.1, -0.05) is 0 Å². The van der Waals surface area contributed by atoms with E-state index < -0.39 is 6.43 Å². The molecule has 0 aromatic heterocycles. The largest absolute Gasteiger partial charge is 0.316 e. The Morgan fingerprint density at radius 3 is 2.20 bits per heavy atom. The zero-order valence-electron chi connectivity index (χ0n) is 5.74. The van der Waals surface area contributed by atoms with E-state index in [1.165, 1.54) is 0 Å². The molecule has 1 saturated carbocycles. The predicted octanol–water partition coefficient (Wildman–Crippen LogP) is 1.25. The molecule has 0 amide bonds. The fourth-order valence-electron chi connectivity index (χ4n) is 2.00. The van der Waals surface area contributed by atoms with Crippen molar-refractivity contribution < 1.29 is 8.78 Å². The Morgan fingerprint density at radius 1 is 1.30 bits per heavy atom. The Morgan fingerprint density at radius 2 is 1.90 bits per heavy atom. The van der Waals surface area contributed by atoms with Gasteiger partial charge in [-0.05, 0) is 18.3 Å². The second kappa shape index (κ2) is 1.91. The molecule has 0 aromatic rings. The monoisotopic (exact) mass is 147 g/mol. The molecule has 0 unspecified atom stereocenters. The molecule has 1 nitrogen and oxygen atoms in total. The van der Waals surface area contributed by atoms with Gasteiger partial charge in [0.2, 0.25) is 6.43 Å². The van der Waals surface area contributed by atoms with Crippen LogP contribution in [-0.4, -0.2) is 19.5 Å². The van der Waals surface area contributed by atoms with Crippen LogP contribution in [0.2, 0.25) is 0 Å². The molecular formula is C7H11F2N. The first-order chi connectivity index (χ1) is 4.72.